The molecule has 1 atom stereocenters. The minimum Gasteiger partial charge on any atom is -0.367 e. The standard InChI is InChI=1S/C23H22F2N6S/c24-18-9-7-17(8-10-18)22(23-26-27-28-31(23)16-19-4-3-15-32-19)30-13-11-29(12-14-30)21-6-2-1-5-20(21)25/h1-10,15,22H,11-14,16H2/t22-/m0/s1. The second kappa shape index (κ2) is 9.13. The molecular weight excluding hydrogens is 430 g/mol. The Morgan fingerprint density at radius 2 is 1.69 bits per heavy atom. The number of nitrogens with zero attached hydrogens (tertiary/aromatic N) is 6. The third-order valence-corrected chi connectivity index (χ3v) is 6.61. The Bertz CT molecular complexity index is 1150. The number of aromatic nitrogens is 4. The lowest BCUT2D eigenvalue weighted by atomic mass is 10.0. The number of benzene rings is 2. The van der Waals surface area contributed by atoms with Crippen molar-refractivity contribution in [3.63, 3.8) is 0 Å². The molecule has 4 aromatic rings. The molecule has 9 heteroatoms. The maximum Gasteiger partial charge on any atom is 0.173 e. The van der Waals surface area contributed by atoms with Gasteiger partial charge < -0.3 is 4.90 Å². The predicted octanol–water partition coefficient (Wildman–Crippen LogP) is 3.97. The first kappa shape index (κ1) is 20.7. The fraction of sp³-hybridized carbons (Fsp3) is 0.261. The third-order valence-electron chi connectivity index (χ3n) is 5.75. The van der Waals surface area contributed by atoms with Gasteiger partial charge in [0, 0.05) is 31.1 Å². The molecule has 0 unspecified atom stereocenters. The molecule has 2 aromatic carbocycles. The predicted molar refractivity (Wildman–Crippen MR) is 120 cm³/mol. The minimum atomic E-state index is -0.282. The summed E-state index contributed by atoms with van der Waals surface area (Å²) in [6.07, 6.45) is 0. The van der Waals surface area contributed by atoms with Gasteiger partial charge in [-0.2, -0.15) is 0 Å². The third kappa shape index (κ3) is 4.26. The smallest absolute Gasteiger partial charge is 0.173 e. The van der Waals surface area contributed by atoms with Gasteiger partial charge in [0.2, 0.25) is 0 Å². The van der Waals surface area contributed by atoms with Crippen LogP contribution in [-0.2, 0) is 6.54 Å². The normalized spacial score (nSPS) is 15.8. The average Bonchev–Trinajstić information content (AvgIpc) is 3.49. The highest BCUT2D eigenvalue weighted by Crippen LogP contribution is 2.30. The summed E-state index contributed by atoms with van der Waals surface area (Å²) in [5, 5.41) is 14.6. The molecule has 0 N–H and O–H groups in total. The molecule has 164 valence electrons. The van der Waals surface area contributed by atoms with E-state index in [1.807, 2.05) is 28.3 Å². The highest BCUT2D eigenvalue weighted by molar-refractivity contribution is 7.09. The van der Waals surface area contributed by atoms with E-state index in [-0.39, 0.29) is 17.7 Å². The van der Waals surface area contributed by atoms with Crippen LogP contribution in [-0.4, -0.2) is 51.3 Å². The molecule has 1 fully saturated rings. The van der Waals surface area contributed by atoms with Gasteiger partial charge in [0.1, 0.15) is 11.6 Å². The lowest BCUT2D eigenvalue weighted by Crippen LogP contribution is -2.48. The summed E-state index contributed by atoms with van der Waals surface area (Å²) < 4.78 is 29.7. The summed E-state index contributed by atoms with van der Waals surface area (Å²) in [5.41, 5.74) is 1.54. The minimum absolute atomic E-state index is 0.212. The number of thiophene rings is 1. The summed E-state index contributed by atoms with van der Waals surface area (Å²) in [6.45, 7) is 3.31. The molecule has 6 nitrogen and oxygen atoms in total. The van der Waals surface area contributed by atoms with Crippen molar-refractivity contribution in [2.75, 3.05) is 31.1 Å². The zero-order valence-electron chi connectivity index (χ0n) is 17.3. The van der Waals surface area contributed by atoms with E-state index in [0.717, 1.165) is 10.4 Å². The van der Waals surface area contributed by atoms with Crippen LogP contribution in [0.4, 0.5) is 14.5 Å². The molecule has 0 radical (unpaired) electrons. The Balaban J connectivity index is 1.43. The molecule has 1 aliphatic heterocycles. The quantitative estimate of drug-likeness (QED) is 0.443. The molecule has 0 bridgehead atoms. The van der Waals surface area contributed by atoms with Crippen molar-refractivity contribution in [2.45, 2.75) is 12.6 Å². The van der Waals surface area contributed by atoms with Gasteiger partial charge >= 0.3 is 0 Å². The summed E-state index contributed by atoms with van der Waals surface area (Å²) in [4.78, 5) is 5.49. The van der Waals surface area contributed by atoms with E-state index >= 15 is 0 Å². The van der Waals surface area contributed by atoms with Gasteiger partial charge in [-0.1, -0.05) is 30.3 Å². The van der Waals surface area contributed by atoms with Crippen molar-refractivity contribution in [3.8, 4) is 0 Å². The summed E-state index contributed by atoms with van der Waals surface area (Å²) >= 11 is 1.65. The number of rotatable bonds is 6. The topological polar surface area (TPSA) is 50.1 Å². The highest BCUT2D eigenvalue weighted by Gasteiger charge is 2.31. The maximum absolute atomic E-state index is 14.3. The van der Waals surface area contributed by atoms with Crippen LogP contribution >= 0.6 is 11.3 Å². The van der Waals surface area contributed by atoms with E-state index < -0.39 is 0 Å². The molecule has 32 heavy (non-hydrogen) atoms. The van der Waals surface area contributed by atoms with Crippen molar-refractivity contribution in [1.29, 1.82) is 0 Å². The van der Waals surface area contributed by atoms with Crippen molar-refractivity contribution in [3.05, 3.63) is 93.9 Å². The largest absolute Gasteiger partial charge is 0.367 e. The molecule has 2 aromatic heterocycles. The zero-order chi connectivity index (χ0) is 21.9. The first-order chi connectivity index (χ1) is 15.7. The fourth-order valence-electron chi connectivity index (χ4n) is 4.17. The number of para-hydroxylation sites is 1. The second-order valence-electron chi connectivity index (χ2n) is 7.70. The van der Waals surface area contributed by atoms with Crippen molar-refractivity contribution in [1.82, 2.24) is 25.1 Å². The van der Waals surface area contributed by atoms with Crippen LogP contribution in [0, 0.1) is 11.6 Å². The van der Waals surface area contributed by atoms with E-state index in [9.17, 15) is 8.78 Å². The Kier molecular flexibility index (Phi) is 5.91. The second-order valence-corrected chi connectivity index (χ2v) is 8.73. The number of halogens is 2. The van der Waals surface area contributed by atoms with Gasteiger partial charge in [-0.15, -0.1) is 16.4 Å². The molecule has 5 rings (SSSR count). The SMILES string of the molecule is Fc1ccc([C@@H](c2nnnn2Cc2cccs2)N2CCN(c3ccccc3F)CC2)cc1. The van der Waals surface area contributed by atoms with Crippen LogP contribution in [0.3, 0.4) is 0 Å². The molecular formula is C23H22F2N6S. The highest BCUT2D eigenvalue weighted by atomic mass is 32.1. The first-order valence-electron chi connectivity index (χ1n) is 10.5. The number of piperazine rings is 1. The number of tetrazole rings is 1. The molecule has 0 aliphatic carbocycles. The van der Waals surface area contributed by atoms with Crippen molar-refractivity contribution in [2.24, 2.45) is 0 Å². The van der Waals surface area contributed by atoms with Gasteiger partial charge in [0.05, 0.1) is 18.3 Å². The molecule has 3 heterocycles. The van der Waals surface area contributed by atoms with Crippen molar-refractivity contribution >= 4 is 17.0 Å². The fourth-order valence-corrected chi connectivity index (χ4v) is 4.85. The molecule has 0 saturated carbocycles. The maximum atomic E-state index is 14.3. The van der Waals surface area contributed by atoms with E-state index in [1.165, 1.54) is 18.2 Å². The van der Waals surface area contributed by atoms with Crippen LogP contribution in [0.15, 0.2) is 66.0 Å². The summed E-state index contributed by atoms with van der Waals surface area (Å²) in [6, 6.07) is 17.2. The van der Waals surface area contributed by atoms with Gasteiger partial charge in [-0.05, 0) is 51.7 Å². The molecule has 0 spiro atoms. The Labute approximate surface area is 188 Å². The van der Waals surface area contributed by atoms with E-state index in [0.29, 0.717) is 44.2 Å². The van der Waals surface area contributed by atoms with Crippen LogP contribution in [0.2, 0.25) is 0 Å². The lowest BCUT2D eigenvalue weighted by Gasteiger charge is -2.40. The summed E-state index contributed by atoms with van der Waals surface area (Å²) in [7, 11) is 0. The van der Waals surface area contributed by atoms with E-state index in [1.54, 1.807) is 29.5 Å². The Morgan fingerprint density at radius 1 is 0.906 bits per heavy atom. The van der Waals surface area contributed by atoms with Crippen molar-refractivity contribution < 1.29 is 8.78 Å². The van der Waals surface area contributed by atoms with Crippen LogP contribution in [0.25, 0.3) is 0 Å². The lowest BCUT2D eigenvalue weighted by molar-refractivity contribution is 0.201. The number of hydrogen-bond acceptors (Lipinski definition) is 6. The van der Waals surface area contributed by atoms with Crippen LogP contribution in [0.1, 0.15) is 22.3 Å². The number of anilines is 1. The van der Waals surface area contributed by atoms with Gasteiger partial charge in [-0.25, -0.2) is 13.5 Å². The average molecular weight is 453 g/mol. The summed E-state index contributed by atoms with van der Waals surface area (Å²) in [5.74, 6) is 0.218. The molecule has 0 amide bonds. The zero-order valence-corrected chi connectivity index (χ0v) is 18.1. The Hall–Kier alpha value is -3.17. The Morgan fingerprint density at radius 3 is 2.41 bits per heavy atom. The van der Waals surface area contributed by atoms with E-state index in [2.05, 4.69) is 31.4 Å². The van der Waals surface area contributed by atoms with Gasteiger partial charge in [0.25, 0.3) is 0 Å². The molecule has 1 saturated heterocycles. The van der Waals surface area contributed by atoms with Gasteiger partial charge in [0.15, 0.2) is 5.82 Å². The monoisotopic (exact) mass is 452 g/mol. The van der Waals surface area contributed by atoms with E-state index in [4.69, 9.17) is 0 Å². The van der Waals surface area contributed by atoms with Crippen LogP contribution in [0.5, 0.6) is 0 Å². The first-order valence-corrected chi connectivity index (χ1v) is 11.3. The van der Waals surface area contributed by atoms with Crippen LogP contribution < -0.4 is 4.90 Å². The van der Waals surface area contributed by atoms with Gasteiger partial charge in [-0.3, -0.25) is 4.90 Å². The molecule has 1 aliphatic rings. The number of hydrogen-bond donors (Lipinski definition) is 0.